The van der Waals surface area contributed by atoms with Crippen LogP contribution in [0.25, 0.3) is 5.78 Å². The maximum atomic E-state index is 12.8. The van der Waals surface area contributed by atoms with Crippen LogP contribution >= 0.6 is 0 Å². The molecule has 28 heavy (non-hydrogen) atoms. The molecule has 1 N–H and O–H groups in total. The van der Waals surface area contributed by atoms with Crippen LogP contribution in [0.2, 0.25) is 0 Å². The van der Waals surface area contributed by atoms with Crippen LogP contribution < -0.4 is 5.56 Å². The van der Waals surface area contributed by atoms with Crippen LogP contribution in [-0.2, 0) is 16.3 Å². The topological polar surface area (TPSA) is 93.1 Å². The summed E-state index contributed by atoms with van der Waals surface area (Å²) in [7, 11) is -2.76. The molecular weight excluding hydrogens is 374 g/mol. The van der Waals surface area contributed by atoms with Crippen molar-refractivity contribution >= 4 is 15.5 Å². The number of nitrogens with one attached hydrogen (secondary N) is 1. The summed E-state index contributed by atoms with van der Waals surface area (Å²) in [4.78, 5) is 18.0. The molecule has 1 aliphatic carbocycles. The Bertz CT molecular complexity index is 1230. The minimum absolute atomic E-state index is 0.0777. The summed E-state index contributed by atoms with van der Waals surface area (Å²) >= 11 is 0. The monoisotopic (exact) mass is 399 g/mol. The Morgan fingerprint density at radius 3 is 2.61 bits per heavy atom. The van der Waals surface area contributed by atoms with Gasteiger partial charge >= 0.3 is 0 Å². The predicted molar refractivity (Wildman–Crippen MR) is 109 cm³/mol. The number of hydrogen-bond acceptors (Lipinski definition) is 5. The molecule has 1 fully saturated rings. The van der Waals surface area contributed by atoms with E-state index in [9.17, 15) is 9.00 Å². The summed E-state index contributed by atoms with van der Waals surface area (Å²) in [6.07, 6.45) is 5.47. The molecule has 1 saturated carbocycles. The number of rotatable bonds is 5. The zero-order valence-corrected chi connectivity index (χ0v) is 17.4. The Balaban J connectivity index is 1.83. The Morgan fingerprint density at radius 2 is 2.04 bits per heavy atom. The average molecular weight is 400 g/mol. The molecule has 2 aromatic heterocycles. The fourth-order valence-corrected chi connectivity index (χ4v) is 4.52. The lowest BCUT2D eigenvalue weighted by Gasteiger charge is -2.14. The molecule has 1 aliphatic rings. The summed E-state index contributed by atoms with van der Waals surface area (Å²) in [6, 6.07) is 5.61. The maximum Gasteiger partial charge on any atom is 0.279 e. The molecule has 0 bridgehead atoms. The van der Waals surface area contributed by atoms with Gasteiger partial charge in [-0.2, -0.15) is 9.50 Å². The van der Waals surface area contributed by atoms with Crippen LogP contribution in [0.5, 0.6) is 0 Å². The molecule has 0 aliphatic heterocycles. The highest BCUT2D eigenvalue weighted by Gasteiger charge is 2.29. The van der Waals surface area contributed by atoms with Crippen LogP contribution in [0.15, 0.2) is 34.1 Å². The first kappa shape index (κ1) is 18.9. The van der Waals surface area contributed by atoms with E-state index in [-0.39, 0.29) is 11.5 Å². The second-order valence-electron chi connectivity index (χ2n) is 8.07. The van der Waals surface area contributed by atoms with Crippen LogP contribution in [-0.4, -0.2) is 29.6 Å². The van der Waals surface area contributed by atoms with Gasteiger partial charge in [-0.15, -0.1) is 5.10 Å². The largest absolute Gasteiger partial charge is 0.312 e. The first-order chi connectivity index (χ1) is 13.1. The Labute approximate surface area is 164 Å². The van der Waals surface area contributed by atoms with Gasteiger partial charge in [0.25, 0.3) is 5.56 Å². The lowest BCUT2D eigenvalue weighted by molar-refractivity contribution is 0.678. The van der Waals surface area contributed by atoms with Crippen molar-refractivity contribution in [1.29, 1.82) is 4.78 Å². The van der Waals surface area contributed by atoms with Crippen LogP contribution in [0.1, 0.15) is 61.0 Å². The molecule has 3 aromatic rings. The SMILES string of the molecule is Cc1cc(Cn2cc(C(C)C)c(=O)n3nc(C4CC4)nc23)ccc1[S@](C)(=N)=O. The molecule has 0 saturated heterocycles. The number of benzene rings is 1. The maximum absolute atomic E-state index is 12.8. The zero-order chi connectivity index (χ0) is 20.2. The Morgan fingerprint density at radius 1 is 1.32 bits per heavy atom. The van der Waals surface area contributed by atoms with Gasteiger partial charge in [0.15, 0.2) is 5.82 Å². The summed E-state index contributed by atoms with van der Waals surface area (Å²) in [6.45, 7) is 6.39. The van der Waals surface area contributed by atoms with Gasteiger partial charge < -0.3 is 4.57 Å². The van der Waals surface area contributed by atoms with E-state index in [1.807, 2.05) is 43.7 Å². The molecule has 148 valence electrons. The average Bonchev–Trinajstić information content (AvgIpc) is 3.34. The zero-order valence-electron chi connectivity index (χ0n) is 16.6. The molecule has 0 spiro atoms. The van der Waals surface area contributed by atoms with Gasteiger partial charge in [-0.05, 0) is 42.9 Å². The van der Waals surface area contributed by atoms with Gasteiger partial charge in [0.05, 0.1) is 16.3 Å². The number of hydrogen-bond donors (Lipinski definition) is 1. The molecule has 7 nitrogen and oxygen atoms in total. The van der Waals surface area contributed by atoms with Gasteiger partial charge in [0.2, 0.25) is 5.78 Å². The van der Waals surface area contributed by atoms with Gasteiger partial charge in [0, 0.05) is 28.8 Å². The third-order valence-corrected chi connectivity index (χ3v) is 6.47. The minimum atomic E-state index is -2.76. The van der Waals surface area contributed by atoms with E-state index in [0.29, 0.717) is 28.7 Å². The Kier molecular flexibility index (Phi) is 4.41. The first-order valence-corrected chi connectivity index (χ1v) is 11.4. The highest BCUT2D eigenvalue weighted by atomic mass is 32.2. The molecular formula is C20H25N5O2S. The van der Waals surface area contributed by atoms with E-state index < -0.39 is 9.73 Å². The van der Waals surface area contributed by atoms with E-state index >= 15 is 0 Å². The quantitative estimate of drug-likeness (QED) is 0.712. The number of fused-ring (bicyclic) bond motifs is 1. The highest BCUT2D eigenvalue weighted by Crippen LogP contribution is 2.38. The molecule has 1 atom stereocenters. The smallest absolute Gasteiger partial charge is 0.279 e. The third kappa shape index (κ3) is 3.37. The van der Waals surface area contributed by atoms with Crippen molar-refractivity contribution in [2.24, 2.45) is 0 Å². The summed E-state index contributed by atoms with van der Waals surface area (Å²) in [5.41, 5.74) is 2.44. The summed E-state index contributed by atoms with van der Waals surface area (Å²) in [5.74, 6) is 1.75. The normalized spacial score (nSPS) is 16.6. The van der Waals surface area contributed by atoms with E-state index in [1.54, 1.807) is 6.07 Å². The van der Waals surface area contributed by atoms with Crippen molar-refractivity contribution in [3.8, 4) is 0 Å². The third-order valence-electron chi connectivity index (χ3n) is 5.17. The molecule has 0 radical (unpaired) electrons. The fraction of sp³-hybridized carbons (Fsp3) is 0.450. The van der Waals surface area contributed by atoms with E-state index in [2.05, 4.69) is 10.1 Å². The molecule has 8 heteroatoms. The van der Waals surface area contributed by atoms with Crippen molar-refractivity contribution in [3.05, 3.63) is 57.3 Å². The van der Waals surface area contributed by atoms with Gasteiger partial charge in [-0.1, -0.05) is 26.0 Å². The van der Waals surface area contributed by atoms with Crippen LogP contribution in [0.4, 0.5) is 0 Å². The van der Waals surface area contributed by atoms with E-state index in [0.717, 1.165) is 29.8 Å². The van der Waals surface area contributed by atoms with E-state index in [1.165, 1.54) is 10.8 Å². The summed E-state index contributed by atoms with van der Waals surface area (Å²) < 4.78 is 23.3. The molecule has 0 amide bonds. The second kappa shape index (κ2) is 6.55. The van der Waals surface area contributed by atoms with Gasteiger partial charge in [0.1, 0.15) is 0 Å². The van der Waals surface area contributed by atoms with Crippen molar-refractivity contribution in [2.45, 2.75) is 56.9 Å². The van der Waals surface area contributed by atoms with Crippen molar-refractivity contribution in [1.82, 2.24) is 19.2 Å². The first-order valence-electron chi connectivity index (χ1n) is 9.48. The number of aryl methyl sites for hydroxylation is 1. The van der Waals surface area contributed by atoms with Gasteiger partial charge in [-0.3, -0.25) is 4.79 Å². The molecule has 4 rings (SSSR count). The molecule has 0 unspecified atom stereocenters. The van der Waals surface area contributed by atoms with E-state index in [4.69, 9.17) is 4.78 Å². The lowest BCUT2D eigenvalue weighted by Crippen LogP contribution is -2.24. The molecule has 2 heterocycles. The molecule has 1 aromatic carbocycles. The number of nitrogens with zero attached hydrogens (tertiary/aromatic N) is 4. The summed E-state index contributed by atoms with van der Waals surface area (Å²) in [5, 5.41) is 4.49. The van der Waals surface area contributed by atoms with Crippen molar-refractivity contribution in [3.63, 3.8) is 0 Å². The predicted octanol–water partition coefficient (Wildman–Crippen LogP) is 3.28. The van der Waals surface area contributed by atoms with Gasteiger partial charge in [-0.25, -0.2) is 8.99 Å². The fourth-order valence-electron chi connectivity index (χ4n) is 3.52. The standard InChI is InChI=1S/C20H25N5O2S/c1-12(2)16-11-24(10-14-5-8-17(13(3)9-14)28(4,21)27)20-22-18(15-6-7-15)23-25(20)19(16)26/h5,8-9,11-12,15,21H,6-7,10H2,1-4H3/t28-/m1/s1. The van der Waals surface area contributed by atoms with Crippen LogP contribution in [0.3, 0.4) is 0 Å². The van der Waals surface area contributed by atoms with Crippen LogP contribution in [0, 0.1) is 11.7 Å². The minimum Gasteiger partial charge on any atom is -0.312 e. The Hall–Kier alpha value is -2.48. The van der Waals surface area contributed by atoms with Crippen molar-refractivity contribution in [2.75, 3.05) is 6.26 Å². The van der Waals surface area contributed by atoms with Crippen molar-refractivity contribution < 1.29 is 4.21 Å². The second-order valence-corrected chi connectivity index (χ2v) is 10.2. The highest BCUT2D eigenvalue weighted by molar-refractivity contribution is 7.91. The number of aromatic nitrogens is 4. The lowest BCUT2D eigenvalue weighted by atomic mass is 10.1.